The molecule has 0 spiro atoms. The van der Waals surface area contributed by atoms with Crippen molar-refractivity contribution in [3.63, 3.8) is 0 Å². The number of aromatic carboxylic acids is 1. The number of carbonyl (C=O) groups is 2. The van der Waals surface area contributed by atoms with E-state index < -0.39 is 5.97 Å². The van der Waals surface area contributed by atoms with Crippen molar-refractivity contribution in [3.8, 4) is 0 Å². The summed E-state index contributed by atoms with van der Waals surface area (Å²) in [5.41, 5.74) is 0.452. The molecule has 0 aromatic carbocycles. The lowest BCUT2D eigenvalue weighted by molar-refractivity contribution is 0.0701. The average Bonchev–Trinajstić information content (AvgIpc) is 2.96. The molecule has 0 radical (unpaired) electrons. The molecule has 2 N–H and O–H groups in total. The van der Waals surface area contributed by atoms with Crippen LogP contribution in [0, 0.1) is 6.92 Å². The van der Waals surface area contributed by atoms with Crippen LogP contribution >= 0.6 is 22.9 Å². The number of carbonyl (C=O) groups excluding carboxylic acids is 1. The first-order chi connectivity index (χ1) is 8.99. The molecule has 9 heteroatoms. The van der Waals surface area contributed by atoms with Crippen LogP contribution in [0.4, 0.5) is 0 Å². The fourth-order valence-electron chi connectivity index (χ4n) is 1.40. The van der Waals surface area contributed by atoms with Gasteiger partial charge in [-0.3, -0.25) is 4.79 Å². The fourth-order valence-corrected chi connectivity index (χ4v) is 2.72. The number of rotatable bonds is 4. The summed E-state index contributed by atoms with van der Waals surface area (Å²) in [4.78, 5) is 27.5. The average molecular weight is 298 g/mol. The van der Waals surface area contributed by atoms with Gasteiger partial charge < -0.3 is 10.4 Å². The summed E-state index contributed by atoms with van der Waals surface area (Å²) in [6.45, 7) is 3.38. The van der Waals surface area contributed by atoms with Crippen LogP contribution in [0.5, 0.6) is 0 Å². The van der Waals surface area contributed by atoms with Gasteiger partial charge >= 0.3 is 5.97 Å². The first-order valence-electron chi connectivity index (χ1n) is 5.28. The number of aryl methyl sites for hydroxylation is 1. The van der Waals surface area contributed by atoms with Crippen LogP contribution in [0.25, 0.3) is 0 Å². The Morgan fingerprint density at radius 3 is 2.74 bits per heavy atom. The molecule has 0 saturated heterocycles. The van der Waals surface area contributed by atoms with Crippen molar-refractivity contribution in [2.75, 3.05) is 0 Å². The molecule has 0 saturated carbocycles. The number of carboxylic acid groups (broad SMARTS) is 1. The monoisotopic (exact) mass is 298 g/mol. The first kappa shape index (κ1) is 13.6. The third-order valence-corrected chi connectivity index (χ3v) is 4.30. The third kappa shape index (κ3) is 2.93. The maximum absolute atomic E-state index is 11.8. The van der Waals surface area contributed by atoms with Crippen molar-refractivity contribution in [2.24, 2.45) is 0 Å². The number of aromatic nitrogens is 3. The van der Waals surface area contributed by atoms with Crippen molar-refractivity contribution >= 4 is 34.7 Å². The minimum Gasteiger partial charge on any atom is -0.477 e. The van der Waals surface area contributed by atoms with E-state index >= 15 is 0 Å². The van der Waals surface area contributed by atoms with Crippen LogP contribution in [0.1, 0.15) is 43.0 Å². The molecule has 7 nitrogen and oxygen atoms in total. The summed E-state index contributed by atoms with van der Waals surface area (Å²) in [7, 11) is 0. The number of thiazole rings is 1. The van der Waals surface area contributed by atoms with E-state index in [4.69, 9.17) is 5.11 Å². The molecule has 2 heterocycles. The van der Waals surface area contributed by atoms with E-state index in [0.717, 1.165) is 22.9 Å². The van der Waals surface area contributed by atoms with Crippen LogP contribution < -0.4 is 5.32 Å². The lowest BCUT2D eigenvalue weighted by Gasteiger charge is -2.09. The summed E-state index contributed by atoms with van der Waals surface area (Å²) in [6, 6.07) is -0.369. The van der Waals surface area contributed by atoms with E-state index in [-0.39, 0.29) is 16.8 Å². The zero-order chi connectivity index (χ0) is 14.0. The molecule has 0 bridgehead atoms. The maximum atomic E-state index is 11.8. The van der Waals surface area contributed by atoms with E-state index in [0.29, 0.717) is 15.6 Å². The number of hydrogen-bond donors (Lipinski definition) is 2. The predicted octanol–water partition coefficient (Wildman–Crippen LogP) is 1.49. The standard InChI is InChI=1S/C10H10N4O3S2/c1-4-7(10(16)17)18-9(13-4)5(2)12-8(15)6-3-11-14-19-6/h3,5H,1-2H3,(H,12,15)(H,16,17). The Balaban J connectivity index is 2.12. The van der Waals surface area contributed by atoms with Gasteiger partial charge in [-0.25, -0.2) is 9.78 Å². The second kappa shape index (κ2) is 5.41. The number of hydrogen-bond acceptors (Lipinski definition) is 7. The molecule has 1 unspecified atom stereocenters. The molecule has 2 rings (SSSR count). The maximum Gasteiger partial charge on any atom is 0.347 e. The summed E-state index contributed by atoms with van der Waals surface area (Å²) in [5, 5.41) is 15.8. The Bertz CT molecular complexity index is 608. The topological polar surface area (TPSA) is 105 Å². The Kier molecular flexibility index (Phi) is 3.86. The Labute approximate surface area is 116 Å². The molecule has 19 heavy (non-hydrogen) atoms. The van der Waals surface area contributed by atoms with E-state index in [1.54, 1.807) is 13.8 Å². The first-order valence-corrected chi connectivity index (χ1v) is 6.87. The smallest absolute Gasteiger partial charge is 0.347 e. The fraction of sp³-hybridized carbons (Fsp3) is 0.300. The van der Waals surface area contributed by atoms with Gasteiger partial charge in [0.15, 0.2) is 0 Å². The van der Waals surface area contributed by atoms with Crippen molar-refractivity contribution in [3.05, 3.63) is 26.7 Å². The van der Waals surface area contributed by atoms with Crippen molar-refractivity contribution in [1.82, 2.24) is 19.9 Å². The molecule has 0 aliphatic heterocycles. The van der Waals surface area contributed by atoms with Gasteiger partial charge in [-0.05, 0) is 25.4 Å². The highest BCUT2D eigenvalue weighted by Gasteiger charge is 2.20. The lowest BCUT2D eigenvalue weighted by atomic mass is 10.3. The largest absolute Gasteiger partial charge is 0.477 e. The zero-order valence-electron chi connectivity index (χ0n) is 10.1. The highest BCUT2D eigenvalue weighted by atomic mass is 32.1. The van der Waals surface area contributed by atoms with E-state index in [1.165, 1.54) is 6.20 Å². The van der Waals surface area contributed by atoms with Crippen LogP contribution in [0.3, 0.4) is 0 Å². The normalized spacial score (nSPS) is 12.1. The minimum absolute atomic E-state index is 0.190. The molecule has 1 atom stereocenters. The second-order valence-corrected chi connectivity index (χ2v) is 5.57. The summed E-state index contributed by atoms with van der Waals surface area (Å²) >= 11 is 2.06. The molecule has 2 aromatic rings. The van der Waals surface area contributed by atoms with Crippen LogP contribution in [-0.4, -0.2) is 31.6 Å². The van der Waals surface area contributed by atoms with Gasteiger partial charge in [0.05, 0.1) is 17.9 Å². The highest BCUT2D eigenvalue weighted by molar-refractivity contribution is 7.13. The summed E-state index contributed by atoms with van der Waals surface area (Å²) < 4.78 is 3.60. The lowest BCUT2D eigenvalue weighted by Crippen LogP contribution is -2.25. The summed E-state index contributed by atoms with van der Waals surface area (Å²) in [5.74, 6) is -1.31. The van der Waals surface area contributed by atoms with Crippen LogP contribution in [-0.2, 0) is 0 Å². The molecule has 0 aliphatic rings. The van der Waals surface area contributed by atoms with E-state index in [9.17, 15) is 9.59 Å². The number of carboxylic acids is 1. The molecule has 1 amide bonds. The summed E-state index contributed by atoms with van der Waals surface area (Å²) in [6.07, 6.45) is 1.38. The van der Waals surface area contributed by atoms with Gasteiger partial charge in [0.25, 0.3) is 5.91 Å². The molecular weight excluding hydrogens is 288 g/mol. The van der Waals surface area contributed by atoms with Gasteiger partial charge in [-0.1, -0.05) is 4.49 Å². The molecule has 0 aliphatic carbocycles. The molecule has 2 aromatic heterocycles. The van der Waals surface area contributed by atoms with E-state index in [2.05, 4.69) is 19.9 Å². The number of nitrogens with one attached hydrogen (secondary N) is 1. The quantitative estimate of drug-likeness (QED) is 0.886. The Morgan fingerprint density at radius 2 is 2.21 bits per heavy atom. The van der Waals surface area contributed by atoms with Gasteiger partial charge in [0, 0.05) is 0 Å². The molecule has 0 fully saturated rings. The van der Waals surface area contributed by atoms with Crippen LogP contribution in [0.15, 0.2) is 6.20 Å². The van der Waals surface area contributed by atoms with Crippen molar-refractivity contribution < 1.29 is 14.7 Å². The number of nitrogens with zero attached hydrogens (tertiary/aromatic N) is 3. The highest BCUT2D eigenvalue weighted by Crippen LogP contribution is 2.23. The molecule has 100 valence electrons. The minimum atomic E-state index is -1.01. The van der Waals surface area contributed by atoms with E-state index in [1.807, 2.05) is 0 Å². The zero-order valence-corrected chi connectivity index (χ0v) is 11.7. The predicted molar refractivity (Wildman–Crippen MR) is 69.6 cm³/mol. The molecular formula is C10H10N4O3S2. The second-order valence-electron chi connectivity index (χ2n) is 3.75. The van der Waals surface area contributed by atoms with Crippen LogP contribution in [0.2, 0.25) is 0 Å². The van der Waals surface area contributed by atoms with Gasteiger partial charge in [0.1, 0.15) is 14.8 Å². The Hall–Kier alpha value is -1.87. The van der Waals surface area contributed by atoms with Crippen molar-refractivity contribution in [1.29, 1.82) is 0 Å². The SMILES string of the molecule is Cc1nc(C(C)NC(=O)c2cnns2)sc1C(=O)O. The third-order valence-electron chi connectivity index (χ3n) is 2.31. The van der Waals surface area contributed by atoms with Gasteiger partial charge in [0.2, 0.25) is 0 Å². The number of amides is 1. The van der Waals surface area contributed by atoms with Crippen molar-refractivity contribution in [2.45, 2.75) is 19.9 Å². The van der Waals surface area contributed by atoms with Gasteiger partial charge in [-0.15, -0.1) is 16.4 Å². The Morgan fingerprint density at radius 1 is 1.47 bits per heavy atom. The van der Waals surface area contributed by atoms with Gasteiger partial charge in [-0.2, -0.15) is 0 Å².